The third kappa shape index (κ3) is 4.59. The Bertz CT molecular complexity index is 1440. The van der Waals surface area contributed by atoms with E-state index in [0.29, 0.717) is 17.4 Å². The van der Waals surface area contributed by atoms with Crippen molar-refractivity contribution in [2.45, 2.75) is 20.4 Å². The lowest BCUT2D eigenvalue weighted by atomic mass is 10.1. The van der Waals surface area contributed by atoms with Crippen molar-refractivity contribution in [1.29, 1.82) is 0 Å². The van der Waals surface area contributed by atoms with Gasteiger partial charge >= 0.3 is 0 Å². The van der Waals surface area contributed by atoms with E-state index in [-0.39, 0.29) is 12.5 Å². The van der Waals surface area contributed by atoms with Crippen molar-refractivity contribution in [2.24, 2.45) is 0 Å². The van der Waals surface area contributed by atoms with Gasteiger partial charge in [0.1, 0.15) is 5.75 Å². The Balaban J connectivity index is 1.43. The highest BCUT2D eigenvalue weighted by Crippen LogP contribution is 2.33. The molecule has 33 heavy (non-hydrogen) atoms. The summed E-state index contributed by atoms with van der Waals surface area (Å²) in [7, 11) is 0. The molecule has 0 aliphatic carbocycles. The first kappa shape index (κ1) is 21.2. The zero-order valence-electron chi connectivity index (χ0n) is 18.6. The van der Waals surface area contributed by atoms with Crippen LogP contribution < -0.4 is 9.64 Å². The molecular weight excluding hydrogens is 428 g/mol. The Morgan fingerprint density at radius 2 is 1.67 bits per heavy atom. The molecule has 5 rings (SSSR count). The third-order valence-electron chi connectivity index (χ3n) is 5.61. The molecule has 0 saturated carbocycles. The second-order valence-corrected chi connectivity index (χ2v) is 9.17. The Hall–Kier alpha value is -3.70. The molecule has 5 aromatic rings. The fourth-order valence-electron chi connectivity index (χ4n) is 3.99. The number of aryl methyl sites for hydroxylation is 2. The van der Waals surface area contributed by atoms with Crippen molar-refractivity contribution in [3.05, 3.63) is 102 Å². The summed E-state index contributed by atoms with van der Waals surface area (Å²) in [6.45, 7) is 4.54. The number of fused-ring (bicyclic) bond motifs is 2. The van der Waals surface area contributed by atoms with Gasteiger partial charge in [-0.2, -0.15) is 0 Å². The van der Waals surface area contributed by atoms with E-state index >= 15 is 0 Å². The molecule has 4 nitrogen and oxygen atoms in total. The van der Waals surface area contributed by atoms with E-state index in [4.69, 9.17) is 9.72 Å². The van der Waals surface area contributed by atoms with Crippen LogP contribution in [0.3, 0.4) is 0 Å². The van der Waals surface area contributed by atoms with Gasteiger partial charge in [0.05, 0.1) is 16.8 Å². The van der Waals surface area contributed by atoms with E-state index in [2.05, 4.69) is 32.0 Å². The van der Waals surface area contributed by atoms with Crippen LogP contribution in [-0.2, 0) is 11.3 Å². The van der Waals surface area contributed by atoms with E-state index in [1.54, 1.807) is 16.2 Å². The molecule has 4 aromatic carbocycles. The smallest absolute Gasteiger partial charge is 0.267 e. The molecule has 0 bridgehead atoms. The molecule has 0 spiro atoms. The second kappa shape index (κ2) is 9.04. The maximum Gasteiger partial charge on any atom is 0.267 e. The zero-order chi connectivity index (χ0) is 22.8. The molecule has 0 radical (unpaired) electrons. The predicted molar refractivity (Wildman–Crippen MR) is 136 cm³/mol. The maximum absolute atomic E-state index is 13.4. The molecule has 0 aliphatic heterocycles. The van der Waals surface area contributed by atoms with Gasteiger partial charge in [0, 0.05) is 0 Å². The van der Waals surface area contributed by atoms with Crippen LogP contribution in [-0.4, -0.2) is 17.5 Å². The van der Waals surface area contributed by atoms with E-state index in [1.807, 2.05) is 66.7 Å². The maximum atomic E-state index is 13.4. The van der Waals surface area contributed by atoms with Crippen molar-refractivity contribution in [2.75, 3.05) is 11.5 Å². The molecule has 5 heteroatoms. The van der Waals surface area contributed by atoms with Gasteiger partial charge in [-0.25, -0.2) is 4.98 Å². The minimum Gasteiger partial charge on any atom is -0.484 e. The van der Waals surface area contributed by atoms with Gasteiger partial charge < -0.3 is 4.74 Å². The molecule has 0 fully saturated rings. The number of nitrogens with zero attached hydrogens (tertiary/aromatic N) is 2. The van der Waals surface area contributed by atoms with Crippen molar-refractivity contribution < 1.29 is 9.53 Å². The van der Waals surface area contributed by atoms with Crippen LogP contribution in [0, 0.1) is 13.8 Å². The van der Waals surface area contributed by atoms with Gasteiger partial charge in [0.15, 0.2) is 11.7 Å². The number of carbonyl (C=O) groups is 1. The molecule has 0 unspecified atom stereocenters. The van der Waals surface area contributed by atoms with Gasteiger partial charge in [-0.1, -0.05) is 78.1 Å². The summed E-state index contributed by atoms with van der Waals surface area (Å²) < 4.78 is 7.03. The van der Waals surface area contributed by atoms with Crippen LogP contribution in [0.1, 0.15) is 16.7 Å². The molecule has 1 heterocycles. The van der Waals surface area contributed by atoms with Crippen molar-refractivity contribution in [1.82, 2.24) is 4.98 Å². The van der Waals surface area contributed by atoms with Gasteiger partial charge in [0.2, 0.25) is 0 Å². The third-order valence-corrected chi connectivity index (χ3v) is 6.84. The number of thiazole rings is 1. The van der Waals surface area contributed by atoms with Crippen LogP contribution in [0.25, 0.3) is 21.0 Å². The van der Waals surface area contributed by atoms with Gasteiger partial charge in [0.25, 0.3) is 5.91 Å². The number of hydrogen-bond donors (Lipinski definition) is 0. The number of aromatic nitrogens is 1. The quantitative estimate of drug-likeness (QED) is 0.289. The Labute approximate surface area is 197 Å². The van der Waals surface area contributed by atoms with Crippen molar-refractivity contribution >= 4 is 43.4 Å². The van der Waals surface area contributed by atoms with Crippen LogP contribution in [0.5, 0.6) is 5.75 Å². The Morgan fingerprint density at radius 3 is 2.48 bits per heavy atom. The number of hydrogen-bond acceptors (Lipinski definition) is 4. The van der Waals surface area contributed by atoms with Crippen molar-refractivity contribution in [3.63, 3.8) is 0 Å². The largest absolute Gasteiger partial charge is 0.484 e. The van der Waals surface area contributed by atoms with Crippen LogP contribution >= 0.6 is 11.3 Å². The van der Waals surface area contributed by atoms with Gasteiger partial charge in [-0.3, -0.25) is 9.69 Å². The van der Waals surface area contributed by atoms with Crippen molar-refractivity contribution in [3.8, 4) is 5.75 Å². The summed E-state index contributed by atoms with van der Waals surface area (Å²) in [6, 6.07) is 28.2. The SMILES string of the molecule is Cc1cc(C)c2sc(N(Cc3ccccc3)C(=O)COc3ccc4ccccc4c3)nc2c1. The first-order valence-electron chi connectivity index (χ1n) is 10.9. The van der Waals surface area contributed by atoms with E-state index in [9.17, 15) is 4.79 Å². The molecule has 0 atom stereocenters. The van der Waals surface area contributed by atoms with E-state index in [0.717, 1.165) is 32.1 Å². The number of anilines is 1. The highest BCUT2D eigenvalue weighted by molar-refractivity contribution is 7.22. The summed E-state index contributed by atoms with van der Waals surface area (Å²) >= 11 is 1.55. The fourth-order valence-corrected chi connectivity index (χ4v) is 5.02. The van der Waals surface area contributed by atoms with Gasteiger partial charge in [-0.05, 0) is 59.5 Å². The van der Waals surface area contributed by atoms with Crippen LogP contribution in [0.2, 0.25) is 0 Å². The van der Waals surface area contributed by atoms with E-state index < -0.39 is 0 Å². The summed E-state index contributed by atoms with van der Waals surface area (Å²) in [5.41, 5.74) is 4.31. The summed E-state index contributed by atoms with van der Waals surface area (Å²) in [5.74, 6) is 0.554. The number of benzene rings is 4. The average Bonchev–Trinajstić information content (AvgIpc) is 3.25. The Kier molecular flexibility index (Phi) is 5.80. The number of rotatable bonds is 6. The van der Waals surface area contributed by atoms with E-state index in [1.165, 1.54) is 5.56 Å². The summed E-state index contributed by atoms with van der Waals surface area (Å²) in [6.07, 6.45) is 0. The molecule has 0 aliphatic rings. The average molecular weight is 453 g/mol. The minimum atomic E-state index is -0.125. The molecule has 1 amide bonds. The normalized spacial score (nSPS) is 11.1. The highest BCUT2D eigenvalue weighted by atomic mass is 32.1. The summed E-state index contributed by atoms with van der Waals surface area (Å²) in [4.78, 5) is 19.9. The highest BCUT2D eigenvalue weighted by Gasteiger charge is 2.21. The lowest BCUT2D eigenvalue weighted by Crippen LogP contribution is -2.34. The van der Waals surface area contributed by atoms with Gasteiger partial charge in [-0.15, -0.1) is 0 Å². The molecular formula is C28H24N2O2S. The molecule has 164 valence electrons. The number of ether oxygens (including phenoxy) is 1. The number of amides is 1. The topological polar surface area (TPSA) is 42.4 Å². The lowest BCUT2D eigenvalue weighted by molar-refractivity contribution is -0.120. The zero-order valence-corrected chi connectivity index (χ0v) is 19.4. The second-order valence-electron chi connectivity index (χ2n) is 8.19. The minimum absolute atomic E-state index is 0.0564. The Morgan fingerprint density at radius 1 is 0.909 bits per heavy atom. The monoisotopic (exact) mass is 452 g/mol. The summed E-state index contributed by atoms with van der Waals surface area (Å²) in [5, 5.41) is 2.91. The molecule has 0 saturated heterocycles. The van der Waals surface area contributed by atoms with Crippen LogP contribution in [0.4, 0.5) is 5.13 Å². The molecule has 0 N–H and O–H groups in total. The first-order chi connectivity index (χ1) is 16.1. The fraction of sp³-hybridized carbons (Fsp3) is 0.143. The molecule has 1 aromatic heterocycles. The standard InChI is InChI=1S/C28H24N2O2S/c1-19-14-20(2)27-25(15-19)29-28(33-27)30(17-21-8-4-3-5-9-21)26(31)18-32-24-13-12-22-10-6-7-11-23(22)16-24/h3-16H,17-18H2,1-2H3. The lowest BCUT2D eigenvalue weighted by Gasteiger charge is -2.20. The van der Waals surface area contributed by atoms with Crippen LogP contribution in [0.15, 0.2) is 84.9 Å². The predicted octanol–water partition coefficient (Wildman–Crippen LogP) is 6.68. The number of carbonyl (C=O) groups excluding carboxylic acids is 1. The first-order valence-corrected chi connectivity index (χ1v) is 11.7.